The number of fused-ring (bicyclic) bond motifs is 1. The van der Waals surface area contributed by atoms with Crippen molar-refractivity contribution in [3.63, 3.8) is 0 Å². The molecular formula is C24H27N3O2S. The molecule has 1 aromatic heterocycles. The minimum Gasteiger partial charge on any atom is -0.357 e. The molecule has 2 aromatic rings. The Labute approximate surface area is 181 Å². The number of hydrogen-bond donors (Lipinski definition) is 2. The zero-order chi connectivity index (χ0) is 20.5. The molecule has 0 bridgehead atoms. The van der Waals surface area contributed by atoms with Gasteiger partial charge in [-0.05, 0) is 49.3 Å². The normalized spacial score (nSPS) is 21.7. The molecule has 1 aromatic carbocycles. The maximum absolute atomic E-state index is 13.1. The van der Waals surface area contributed by atoms with Crippen LogP contribution in [0.3, 0.4) is 0 Å². The summed E-state index contributed by atoms with van der Waals surface area (Å²) in [6.45, 7) is 0.238. The van der Waals surface area contributed by atoms with E-state index < -0.39 is 0 Å². The topological polar surface area (TPSA) is 61.4 Å². The molecule has 1 aliphatic heterocycles. The standard InChI is InChI=1S/C24H27N3O2S/c28-20-12-5-10-18-23(20)24(21-13-6-14-30-21)27(19-11-4-3-9-17(19)26-18)15-22(29)25-16-7-1-2-8-16/h3-4,6,9,11,13-14,16,24,26H,1-2,5,7-8,10,12,15H2,(H,25,29). The van der Waals surface area contributed by atoms with Crippen LogP contribution in [0.1, 0.15) is 55.9 Å². The smallest absolute Gasteiger partial charge is 0.239 e. The number of thiophene rings is 1. The second-order valence-electron chi connectivity index (χ2n) is 8.41. The lowest BCUT2D eigenvalue weighted by Crippen LogP contribution is -2.43. The highest BCUT2D eigenvalue weighted by Crippen LogP contribution is 2.45. The van der Waals surface area contributed by atoms with Crippen LogP contribution in [0, 0.1) is 0 Å². The van der Waals surface area contributed by atoms with Crippen LogP contribution in [0.5, 0.6) is 0 Å². The molecule has 6 heteroatoms. The molecule has 1 unspecified atom stereocenters. The molecule has 5 rings (SSSR count). The first-order chi connectivity index (χ1) is 14.7. The third-order valence-electron chi connectivity index (χ3n) is 6.39. The predicted molar refractivity (Wildman–Crippen MR) is 121 cm³/mol. The SMILES string of the molecule is O=C(CN1c2ccccc2NC2=C(C(=O)CCC2)C1c1cccs1)NC1CCCC1. The van der Waals surface area contributed by atoms with Crippen molar-refractivity contribution >= 4 is 34.4 Å². The third-order valence-corrected chi connectivity index (χ3v) is 7.31. The van der Waals surface area contributed by atoms with E-state index in [9.17, 15) is 9.59 Å². The van der Waals surface area contributed by atoms with Crippen molar-refractivity contribution in [1.82, 2.24) is 5.32 Å². The molecule has 2 N–H and O–H groups in total. The summed E-state index contributed by atoms with van der Waals surface area (Å²) in [6.07, 6.45) is 6.79. The van der Waals surface area contributed by atoms with Crippen molar-refractivity contribution in [2.24, 2.45) is 0 Å². The van der Waals surface area contributed by atoms with Crippen LogP contribution < -0.4 is 15.5 Å². The molecule has 156 valence electrons. The van der Waals surface area contributed by atoms with E-state index in [0.29, 0.717) is 6.42 Å². The highest BCUT2D eigenvalue weighted by Gasteiger charge is 2.38. The molecule has 2 aliphatic carbocycles. The molecule has 1 atom stereocenters. The van der Waals surface area contributed by atoms with Crippen LogP contribution in [0.2, 0.25) is 0 Å². The number of anilines is 2. The van der Waals surface area contributed by atoms with Crippen molar-refractivity contribution in [2.75, 3.05) is 16.8 Å². The van der Waals surface area contributed by atoms with Gasteiger partial charge in [0, 0.05) is 28.6 Å². The van der Waals surface area contributed by atoms with Gasteiger partial charge in [0.25, 0.3) is 0 Å². The number of hydrogen-bond acceptors (Lipinski definition) is 5. The fourth-order valence-electron chi connectivity index (χ4n) is 5.02. The third kappa shape index (κ3) is 3.65. The summed E-state index contributed by atoms with van der Waals surface area (Å²) in [5, 5.41) is 8.82. The molecular weight excluding hydrogens is 394 g/mol. The van der Waals surface area contributed by atoms with Gasteiger partial charge in [-0.15, -0.1) is 11.3 Å². The summed E-state index contributed by atoms with van der Waals surface area (Å²) in [5.41, 5.74) is 3.77. The van der Waals surface area contributed by atoms with Crippen LogP contribution >= 0.6 is 11.3 Å². The number of rotatable bonds is 4. The van der Waals surface area contributed by atoms with E-state index in [-0.39, 0.29) is 30.3 Å². The number of Topliss-reactive ketones (excluding diaryl/α,β-unsaturated/α-hetero) is 1. The van der Waals surface area contributed by atoms with Gasteiger partial charge in [-0.2, -0.15) is 0 Å². The second-order valence-corrected chi connectivity index (χ2v) is 9.39. The molecule has 0 saturated heterocycles. The molecule has 1 fully saturated rings. The number of nitrogens with one attached hydrogen (secondary N) is 2. The zero-order valence-electron chi connectivity index (χ0n) is 17.0. The summed E-state index contributed by atoms with van der Waals surface area (Å²) < 4.78 is 0. The van der Waals surface area contributed by atoms with Crippen LogP contribution in [0.25, 0.3) is 0 Å². The lowest BCUT2D eigenvalue weighted by molar-refractivity contribution is -0.121. The van der Waals surface area contributed by atoms with Gasteiger partial charge in [0.15, 0.2) is 5.78 Å². The van der Waals surface area contributed by atoms with Gasteiger partial charge in [0.1, 0.15) is 0 Å². The molecule has 1 saturated carbocycles. The van der Waals surface area contributed by atoms with Gasteiger partial charge < -0.3 is 15.5 Å². The Hall–Kier alpha value is -2.60. The molecule has 30 heavy (non-hydrogen) atoms. The monoisotopic (exact) mass is 421 g/mol. The fourth-order valence-corrected chi connectivity index (χ4v) is 5.86. The van der Waals surface area contributed by atoms with Crippen molar-refractivity contribution in [2.45, 2.75) is 57.0 Å². The Morgan fingerprint density at radius 2 is 1.93 bits per heavy atom. The van der Waals surface area contributed by atoms with Gasteiger partial charge in [-0.25, -0.2) is 0 Å². The summed E-state index contributed by atoms with van der Waals surface area (Å²) in [4.78, 5) is 29.4. The molecule has 0 radical (unpaired) electrons. The Kier molecular flexibility index (Phi) is 5.34. The lowest BCUT2D eigenvalue weighted by atomic mass is 9.88. The minimum atomic E-state index is -0.238. The van der Waals surface area contributed by atoms with E-state index >= 15 is 0 Å². The molecule has 1 amide bonds. The molecule has 5 nitrogen and oxygen atoms in total. The van der Waals surface area contributed by atoms with Crippen molar-refractivity contribution in [3.8, 4) is 0 Å². The van der Waals surface area contributed by atoms with Crippen LogP contribution in [-0.2, 0) is 9.59 Å². The minimum absolute atomic E-state index is 0.0329. The Morgan fingerprint density at radius 1 is 1.10 bits per heavy atom. The number of carbonyl (C=O) groups is 2. The van der Waals surface area contributed by atoms with Gasteiger partial charge >= 0.3 is 0 Å². The van der Waals surface area contributed by atoms with Crippen LogP contribution in [0.4, 0.5) is 11.4 Å². The van der Waals surface area contributed by atoms with E-state index in [2.05, 4.69) is 27.7 Å². The van der Waals surface area contributed by atoms with Crippen molar-refractivity contribution in [3.05, 3.63) is 57.9 Å². The van der Waals surface area contributed by atoms with Gasteiger partial charge in [0.05, 0.1) is 24.0 Å². The lowest BCUT2D eigenvalue weighted by Gasteiger charge is -2.34. The fraction of sp³-hybridized carbons (Fsp3) is 0.417. The first kappa shape index (κ1) is 19.4. The Bertz CT molecular complexity index is 976. The second kappa shape index (κ2) is 8.26. The van der Waals surface area contributed by atoms with Crippen LogP contribution in [0.15, 0.2) is 53.0 Å². The summed E-state index contributed by atoms with van der Waals surface area (Å²) >= 11 is 1.65. The molecule has 0 spiro atoms. The van der Waals surface area contributed by atoms with E-state index in [1.54, 1.807) is 11.3 Å². The highest BCUT2D eigenvalue weighted by molar-refractivity contribution is 7.10. The highest BCUT2D eigenvalue weighted by atomic mass is 32.1. The average Bonchev–Trinajstić information content (AvgIpc) is 3.42. The first-order valence-corrected chi connectivity index (χ1v) is 11.8. The largest absolute Gasteiger partial charge is 0.357 e. The number of carbonyl (C=O) groups excluding carboxylic acids is 2. The Balaban J connectivity index is 1.57. The van der Waals surface area contributed by atoms with E-state index in [4.69, 9.17) is 0 Å². The average molecular weight is 422 g/mol. The van der Waals surface area contributed by atoms with Gasteiger partial charge in [0.2, 0.25) is 5.91 Å². The van der Waals surface area contributed by atoms with E-state index in [1.807, 2.05) is 29.6 Å². The summed E-state index contributed by atoms with van der Waals surface area (Å²) in [6, 6.07) is 12.2. The summed E-state index contributed by atoms with van der Waals surface area (Å²) in [5.74, 6) is 0.224. The number of benzene rings is 1. The van der Waals surface area contributed by atoms with Crippen molar-refractivity contribution < 1.29 is 9.59 Å². The van der Waals surface area contributed by atoms with E-state index in [0.717, 1.165) is 53.2 Å². The maximum atomic E-state index is 13.1. The van der Waals surface area contributed by atoms with Gasteiger partial charge in [-0.3, -0.25) is 9.59 Å². The molecule has 3 aliphatic rings. The quantitative estimate of drug-likeness (QED) is 0.745. The number of para-hydroxylation sites is 2. The number of allylic oxidation sites excluding steroid dienone is 1. The Morgan fingerprint density at radius 3 is 2.73 bits per heavy atom. The van der Waals surface area contributed by atoms with Crippen LogP contribution in [-0.4, -0.2) is 24.3 Å². The van der Waals surface area contributed by atoms with E-state index in [1.165, 1.54) is 12.8 Å². The zero-order valence-corrected chi connectivity index (χ0v) is 17.8. The molecule has 2 heterocycles. The number of amides is 1. The number of ketones is 1. The first-order valence-electron chi connectivity index (χ1n) is 10.9. The number of nitrogens with zero attached hydrogens (tertiary/aromatic N) is 1. The summed E-state index contributed by atoms with van der Waals surface area (Å²) in [7, 11) is 0. The maximum Gasteiger partial charge on any atom is 0.239 e. The predicted octanol–water partition coefficient (Wildman–Crippen LogP) is 4.79. The van der Waals surface area contributed by atoms with Gasteiger partial charge in [-0.1, -0.05) is 31.0 Å². The van der Waals surface area contributed by atoms with Crippen molar-refractivity contribution in [1.29, 1.82) is 0 Å².